The molecule has 1 amide bonds. The van der Waals surface area contributed by atoms with Gasteiger partial charge in [-0.05, 0) is 56.4 Å². The topological polar surface area (TPSA) is 90.7 Å². The average molecular weight is 424 g/mol. The number of fused-ring (bicyclic) bond motifs is 1. The molecule has 1 aliphatic rings. The zero-order valence-electron chi connectivity index (χ0n) is 18.1. The summed E-state index contributed by atoms with van der Waals surface area (Å²) in [6.07, 6.45) is 6.57. The van der Waals surface area contributed by atoms with Gasteiger partial charge >= 0.3 is 6.09 Å². The van der Waals surface area contributed by atoms with Crippen LogP contribution in [-0.2, 0) is 24.1 Å². The zero-order chi connectivity index (χ0) is 22.4. The monoisotopic (exact) mass is 424 g/mol. The largest absolute Gasteiger partial charge is 0.493 e. The summed E-state index contributed by atoms with van der Waals surface area (Å²) in [7, 11) is 0. The minimum Gasteiger partial charge on any atom is -0.493 e. The number of alkyl carbamates (subject to hydrolysis) is 1. The molecule has 1 aliphatic carbocycles. The van der Waals surface area contributed by atoms with E-state index in [0.717, 1.165) is 12.8 Å². The van der Waals surface area contributed by atoms with E-state index in [4.69, 9.17) is 9.47 Å². The lowest BCUT2D eigenvalue weighted by molar-refractivity contribution is -0.384. The number of ether oxygens (including phenoxy) is 2. The Bertz CT molecular complexity index is 992. The van der Waals surface area contributed by atoms with E-state index in [-0.39, 0.29) is 12.2 Å². The lowest BCUT2D eigenvalue weighted by atomic mass is 9.92. The number of nitrogens with one attached hydrogen (secondary N) is 1. The van der Waals surface area contributed by atoms with Crippen LogP contribution in [0.4, 0.5) is 10.5 Å². The van der Waals surface area contributed by atoms with E-state index in [9.17, 15) is 14.9 Å². The van der Waals surface area contributed by atoms with E-state index >= 15 is 0 Å². The fourth-order valence-electron chi connectivity index (χ4n) is 3.47. The molecule has 7 heteroatoms. The van der Waals surface area contributed by atoms with Gasteiger partial charge in [0.2, 0.25) is 0 Å². The Hall–Kier alpha value is -3.35. The molecule has 7 nitrogen and oxygen atoms in total. The molecule has 0 spiro atoms. The molecular formula is C24H28N2O5. The van der Waals surface area contributed by atoms with Gasteiger partial charge in [-0.25, -0.2) is 4.79 Å². The Balaban J connectivity index is 1.68. The maximum atomic E-state index is 12.0. The number of nitrogens with zero attached hydrogens (tertiary/aromatic N) is 1. The third-order valence-corrected chi connectivity index (χ3v) is 4.86. The fraction of sp³-hybridized carbons (Fsp3) is 0.375. The molecule has 31 heavy (non-hydrogen) atoms. The van der Waals surface area contributed by atoms with E-state index < -0.39 is 16.6 Å². The molecule has 2 aromatic rings. The first-order chi connectivity index (χ1) is 14.7. The van der Waals surface area contributed by atoms with Crippen molar-refractivity contribution in [3.63, 3.8) is 0 Å². The number of nitro benzene ring substituents is 1. The van der Waals surface area contributed by atoms with Crippen LogP contribution in [0.3, 0.4) is 0 Å². The van der Waals surface area contributed by atoms with Crippen molar-refractivity contribution in [3.05, 3.63) is 74.8 Å². The van der Waals surface area contributed by atoms with Gasteiger partial charge in [0, 0.05) is 24.1 Å². The van der Waals surface area contributed by atoms with Gasteiger partial charge in [-0.15, -0.1) is 0 Å². The minimum absolute atomic E-state index is 0.0596. The van der Waals surface area contributed by atoms with E-state index in [0.29, 0.717) is 24.3 Å². The molecule has 0 atom stereocenters. The van der Waals surface area contributed by atoms with Gasteiger partial charge in [0.05, 0.1) is 18.1 Å². The Morgan fingerprint density at radius 1 is 1.19 bits per heavy atom. The molecule has 0 heterocycles. The number of amides is 1. The Kier molecular flexibility index (Phi) is 6.95. The van der Waals surface area contributed by atoms with Gasteiger partial charge in [0.25, 0.3) is 5.69 Å². The van der Waals surface area contributed by atoms with E-state index in [1.54, 1.807) is 26.8 Å². The van der Waals surface area contributed by atoms with Crippen molar-refractivity contribution in [2.24, 2.45) is 0 Å². The number of nitro groups is 1. The summed E-state index contributed by atoms with van der Waals surface area (Å²) in [4.78, 5) is 22.7. The van der Waals surface area contributed by atoms with E-state index in [1.165, 1.54) is 28.8 Å². The summed E-state index contributed by atoms with van der Waals surface area (Å²) in [6.45, 7) is 5.79. The number of rotatable bonds is 7. The molecule has 0 radical (unpaired) electrons. The molecular weight excluding hydrogens is 396 g/mol. The predicted octanol–water partition coefficient (Wildman–Crippen LogP) is 5.20. The van der Waals surface area contributed by atoms with Gasteiger partial charge in [-0.2, -0.15) is 0 Å². The lowest BCUT2D eigenvalue weighted by Crippen LogP contribution is -2.32. The zero-order valence-corrected chi connectivity index (χ0v) is 18.1. The first kappa shape index (κ1) is 22.3. The van der Waals surface area contributed by atoms with E-state index in [1.807, 2.05) is 0 Å². The Labute approximate surface area is 182 Å². The van der Waals surface area contributed by atoms with E-state index in [2.05, 4.69) is 35.7 Å². The molecule has 0 bridgehead atoms. The maximum Gasteiger partial charge on any atom is 0.407 e. The van der Waals surface area contributed by atoms with Crippen molar-refractivity contribution >= 4 is 17.9 Å². The second kappa shape index (κ2) is 9.64. The minimum atomic E-state index is -0.630. The molecule has 0 aromatic heterocycles. The number of non-ortho nitro benzene ring substituents is 1. The number of hydrogen-bond donors (Lipinski definition) is 1. The van der Waals surface area contributed by atoms with Gasteiger partial charge < -0.3 is 14.8 Å². The fourth-order valence-corrected chi connectivity index (χ4v) is 3.47. The van der Waals surface area contributed by atoms with Gasteiger partial charge in [0.1, 0.15) is 11.4 Å². The van der Waals surface area contributed by atoms with Crippen molar-refractivity contribution in [3.8, 4) is 5.75 Å². The standard InChI is InChI=1S/C24H28N2O5/c1-24(2,3)31-23(27)25-16-19-15-20(26(28)29)11-12-22(19)30-14-13-18-9-6-8-17-7-4-5-10-21(17)18/h5-6,8-12,15H,4,7,13-14,16H2,1-3H3,(H,25,27). The van der Waals surface area contributed by atoms with Crippen molar-refractivity contribution in [1.82, 2.24) is 5.32 Å². The van der Waals surface area contributed by atoms with Gasteiger partial charge in [-0.1, -0.05) is 30.4 Å². The lowest BCUT2D eigenvalue weighted by Gasteiger charge is -2.20. The van der Waals surface area contributed by atoms with Crippen LogP contribution in [0.25, 0.3) is 6.08 Å². The first-order valence-corrected chi connectivity index (χ1v) is 10.4. The van der Waals surface area contributed by atoms with Crippen LogP contribution in [-0.4, -0.2) is 23.2 Å². The molecule has 2 aromatic carbocycles. The summed E-state index contributed by atoms with van der Waals surface area (Å²) < 4.78 is 11.2. The number of carbonyl (C=O) groups excluding carboxylic acids is 1. The second-order valence-electron chi connectivity index (χ2n) is 8.43. The quantitative estimate of drug-likeness (QED) is 0.487. The van der Waals surface area contributed by atoms with Crippen molar-refractivity contribution < 1.29 is 19.2 Å². The molecule has 1 N–H and O–H groups in total. The number of hydrogen-bond acceptors (Lipinski definition) is 5. The highest BCUT2D eigenvalue weighted by molar-refractivity contribution is 5.68. The molecule has 0 saturated heterocycles. The molecule has 0 saturated carbocycles. The molecule has 3 rings (SSSR count). The van der Waals surface area contributed by atoms with Crippen LogP contribution in [0.1, 0.15) is 49.4 Å². The predicted molar refractivity (Wildman–Crippen MR) is 119 cm³/mol. The summed E-state index contributed by atoms with van der Waals surface area (Å²) in [5.41, 5.74) is 3.65. The Morgan fingerprint density at radius 2 is 2.00 bits per heavy atom. The highest BCUT2D eigenvalue weighted by Gasteiger charge is 2.18. The highest BCUT2D eigenvalue weighted by atomic mass is 16.6. The second-order valence-corrected chi connectivity index (χ2v) is 8.43. The number of benzene rings is 2. The van der Waals surface area contributed by atoms with Crippen LogP contribution in [0, 0.1) is 10.1 Å². The summed E-state index contributed by atoms with van der Waals surface area (Å²) in [5, 5.41) is 13.8. The van der Waals surface area contributed by atoms with Crippen LogP contribution in [0.15, 0.2) is 42.5 Å². The molecule has 0 unspecified atom stereocenters. The number of aryl methyl sites for hydroxylation is 1. The summed E-state index contributed by atoms with van der Waals surface area (Å²) >= 11 is 0. The number of allylic oxidation sites excluding steroid dienone is 1. The highest BCUT2D eigenvalue weighted by Crippen LogP contribution is 2.26. The third kappa shape index (κ3) is 6.31. The number of carbonyl (C=O) groups is 1. The van der Waals surface area contributed by atoms with Crippen LogP contribution in [0.5, 0.6) is 5.75 Å². The van der Waals surface area contributed by atoms with Gasteiger partial charge in [-0.3, -0.25) is 10.1 Å². The summed E-state index contributed by atoms with van der Waals surface area (Å²) in [5.74, 6) is 0.502. The first-order valence-electron chi connectivity index (χ1n) is 10.4. The maximum absolute atomic E-state index is 12.0. The van der Waals surface area contributed by atoms with Crippen LogP contribution in [0.2, 0.25) is 0 Å². The van der Waals surface area contributed by atoms with Crippen molar-refractivity contribution in [1.29, 1.82) is 0 Å². The van der Waals surface area contributed by atoms with Gasteiger partial charge in [0.15, 0.2) is 0 Å². The van der Waals surface area contributed by atoms with Crippen molar-refractivity contribution in [2.45, 2.75) is 52.2 Å². The smallest absolute Gasteiger partial charge is 0.407 e. The van der Waals surface area contributed by atoms with Crippen LogP contribution < -0.4 is 10.1 Å². The third-order valence-electron chi connectivity index (χ3n) is 4.86. The molecule has 0 fully saturated rings. The normalized spacial score (nSPS) is 12.7. The molecule has 164 valence electrons. The summed E-state index contributed by atoms with van der Waals surface area (Å²) in [6, 6.07) is 10.7. The Morgan fingerprint density at radius 3 is 2.74 bits per heavy atom. The SMILES string of the molecule is CC(C)(C)OC(=O)NCc1cc([N+](=O)[O-])ccc1OCCc1cccc2c1C=CCC2. The van der Waals surface area contributed by atoms with Crippen LogP contribution >= 0.6 is 0 Å². The van der Waals surface area contributed by atoms with Crippen molar-refractivity contribution in [2.75, 3.05) is 6.61 Å². The molecule has 0 aliphatic heterocycles. The average Bonchev–Trinajstić information content (AvgIpc) is 2.71.